The van der Waals surface area contributed by atoms with Crippen molar-refractivity contribution in [1.29, 1.82) is 0 Å². The zero-order valence-electron chi connectivity index (χ0n) is 11.9. The van der Waals surface area contributed by atoms with Crippen LogP contribution in [0.2, 0.25) is 0 Å². The molecule has 1 atom stereocenters. The van der Waals surface area contributed by atoms with Crippen LogP contribution in [0.1, 0.15) is 17.2 Å². The fourth-order valence-electron chi connectivity index (χ4n) is 2.68. The highest BCUT2D eigenvalue weighted by atomic mass is 79.9. The van der Waals surface area contributed by atoms with Crippen LogP contribution in [0.3, 0.4) is 0 Å². The summed E-state index contributed by atoms with van der Waals surface area (Å²) in [6, 6.07) is 19.1. The van der Waals surface area contributed by atoms with Crippen molar-refractivity contribution in [3.63, 3.8) is 0 Å². The molecule has 0 saturated carbocycles. The number of aromatic nitrogens is 1. The number of nitrogens with zero attached hydrogens (tertiary/aromatic N) is 1. The summed E-state index contributed by atoms with van der Waals surface area (Å²) in [5.74, 6) is 0. The van der Waals surface area contributed by atoms with Crippen molar-refractivity contribution in [3.8, 4) is 0 Å². The van der Waals surface area contributed by atoms with Gasteiger partial charge in [-0.1, -0.05) is 52.3 Å². The molecule has 1 heterocycles. The molecule has 1 aromatic heterocycles. The molecule has 21 heavy (non-hydrogen) atoms. The van der Waals surface area contributed by atoms with Crippen LogP contribution >= 0.6 is 15.9 Å². The lowest BCUT2D eigenvalue weighted by atomic mass is 9.95. The molecule has 0 aliphatic heterocycles. The molecule has 0 radical (unpaired) electrons. The zero-order valence-corrected chi connectivity index (χ0v) is 13.5. The maximum absolute atomic E-state index is 4.45. The first-order chi connectivity index (χ1) is 10.3. The lowest BCUT2D eigenvalue weighted by Crippen LogP contribution is -2.19. The monoisotopic (exact) mass is 340 g/mol. The number of nitrogens with one attached hydrogen (secondary N) is 1. The standard InChI is InChI=1S/C18H17BrN2/c1-20-18(12-13-6-2-3-9-16(13)19)15-7-4-10-17-14(15)8-5-11-21-17/h2-11,18,20H,12H2,1H3. The molecular weight excluding hydrogens is 324 g/mol. The molecule has 0 spiro atoms. The van der Waals surface area contributed by atoms with Crippen molar-refractivity contribution in [3.05, 3.63) is 76.4 Å². The number of rotatable bonds is 4. The predicted molar refractivity (Wildman–Crippen MR) is 91.4 cm³/mol. The van der Waals surface area contributed by atoms with Crippen LogP contribution in [0.15, 0.2) is 65.3 Å². The molecule has 0 fully saturated rings. The molecule has 2 nitrogen and oxygen atoms in total. The smallest absolute Gasteiger partial charge is 0.0705 e. The van der Waals surface area contributed by atoms with Gasteiger partial charge in [0.2, 0.25) is 0 Å². The van der Waals surface area contributed by atoms with Crippen LogP contribution in [0.5, 0.6) is 0 Å². The molecule has 2 aromatic carbocycles. The minimum absolute atomic E-state index is 0.261. The molecule has 3 rings (SSSR count). The Morgan fingerprint density at radius 3 is 2.71 bits per heavy atom. The van der Waals surface area contributed by atoms with E-state index in [9.17, 15) is 0 Å². The van der Waals surface area contributed by atoms with Gasteiger partial charge >= 0.3 is 0 Å². The first-order valence-corrected chi connectivity index (χ1v) is 7.83. The Kier molecular flexibility index (Phi) is 4.32. The Morgan fingerprint density at radius 2 is 1.90 bits per heavy atom. The second-order valence-corrected chi connectivity index (χ2v) is 5.91. The molecule has 1 N–H and O–H groups in total. The molecule has 0 saturated heterocycles. The van der Waals surface area contributed by atoms with E-state index in [-0.39, 0.29) is 6.04 Å². The van der Waals surface area contributed by atoms with E-state index in [1.165, 1.54) is 16.5 Å². The molecule has 3 aromatic rings. The first-order valence-electron chi connectivity index (χ1n) is 7.04. The van der Waals surface area contributed by atoms with Crippen molar-refractivity contribution in [2.24, 2.45) is 0 Å². The van der Waals surface area contributed by atoms with Gasteiger partial charge < -0.3 is 5.32 Å². The summed E-state index contributed by atoms with van der Waals surface area (Å²) >= 11 is 3.64. The van der Waals surface area contributed by atoms with Crippen molar-refractivity contribution >= 4 is 26.8 Å². The third-order valence-electron chi connectivity index (χ3n) is 3.79. The van der Waals surface area contributed by atoms with Gasteiger partial charge in [0.05, 0.1) is 5.52 Å². The Labute approximate surface area is 133 Å². The maximum atomic E-state index is 4.45. The summed E-state index contributed by atoms with van der Waals surface area (Å²) in [6.07, 6.45) is 2.78. The number of halogens is 1. The van der Waals surface area contributed by atoms with Gasteiger partial charge in [-0.05, 0) is 42.8 Å². The zero-order chi connectivity index (χ0) is 14.7. The summed E-state index contributed by atoms with van der Waals surface area (Å²) in [4.78, 5) is 4.45. The average molecular weight is 341 g/mol. The van der Waals surface area contributed by atoms with Gasteiger partial charge in [-0.2, -0.15) is 0 Å². The van der Waals surface area contributed by atoms with E-state index in [0.29, 0.717) is 0 Å². The van der Waals surface area contributed by atoms with Crippen LogP contribution in [0, 0.1) is 0 Å². The third-order valence-corrected chi connectivity index (χ3v) is 4.56. The topological polar surface area (TPSA) is 24.9 Å². The van der Waals surface area contributed by atoms with Gasteiger partial charge in [-0.25, -0.2) is 0 Å². The quantitative estimate of drug-likeness (QED) is 0.756. The van der Waals surface area contributed by atoms with Crippen molar-refractivity contribution < 1.29 is 0 Å². The summed E-state index contributed by atoms with van der Waals surface area (Å²) < 4.78 is 1.16. The lowest BCUT2D eigenvalue weighted by molar-refractivity contribution is 0.595. The summed E-state index contributed by atoms with van der Waals surface area (Å²) in [6.45, 7) is 0. The highest BCUT2D eigenvalue weighted by Crippen LogP contribution is 2.27. The molecular formula is C18H17BrN2. The molecule has 0 aliphatic carbocycles. The molecule has 3 heteroatoms. The minimum Gasteiger partial charge on any atom is -0.313 e. The van der Waals surface area contributed by atoms with Crippen LogP contribution in [-0.4, -0.2) is 12.0 Å². The molecule has 106 valence electrons. The maximum Gasteiger partial charge on any atom is 0.0705 e. The van der Waals surface area contributed by atoms with Gasteiger partial charge in [-0.3, -0.25) is 4.98 Å². The van der Waals surface area contributed by atoms with Gasteiger partial charge in [0.1, 0.15) is 0 Å². The SMILES string of the molecule is CNC(Cc1ccccc1Br)c1cccc2ncccc12. The summed E-state index contributed by atoms with van der Waals surface area (Å²) in [5.41, 5.74) is 3.64. The second-order valence-electron chi connectivity index (χ2n) is 5.05. The third kappa shape index (κ3) is 2.99. The van der Waals surface area contributed by atoms with E-state index in [2.05, 4.69) is 68.7 Å². The van der Waals surface area contributed by atoms with Gasteiger partial charge in [0.25, 0.3) is 0 Å². The first kappa shape index (κ1) is 14.2. The van der Waals surface area contributed by atoms with Crippen LogP contribution in [0.4, 0.5) is 0 Å². The van der Waals surface area contributed by atoms with E-state index in [1.54, 1.807) is 0 Å². The molecule has 0 aliphatic rings. The van der Waals surface area contributed by atoms with E-state index in [1.807, 2.05) is 25.4 Å². The summed E-state index contributed by atoms with van der Waals surface area (Å²) in [7, 11) is 2.01. The van der Waals surface area contributed by atoms with E-state index in [4.69, 9.17) is 0 Å². The van der Waals surface area contributed by atoms with Gasteiger partial charge in [0, 0.05) is 22.1 Å². The molecule has 1 unspecified atom stereocenters. The molecule has 0 amide bonds. The molecule has 0 bridgehead atoms. The Bertz CT molecular complexity index is 750. The van der Waals surface area contributed by atoms with E-state index in [0.717, 1.165) is 16.4 Å². The van der Waals surface area contributed by atoms with Gasteiger partial charge in [-0.15, -0.1) is 0 Å². The number of hydrogen-bond donors (Lipinski definition) is 1. The highest BCUT2D eigenvalue weighted by molar-refractivity contribution is 9.10. The van der Waals surface area contributed by atoms with Crippen molar-refractivity contribution in [2.75, 3.05) is 7.05 Å². The number of benzene rings is 2. The lowest BCUT2D eigenvalue weighted by Gasteiger charge is -2.19. The number of hydrogen-bond acceptors (Lipinski definition) is 2. The average Bonchev–Trinajstić information content (AvgIpc) is 2.54. The Hall–Kier alpha value is -1.71. The number of fused-ring (bicyclic) bond motifs is 1. The van der Waals surface area contributed by atoms with Crippen LogP contribution in [0.25, 0.3) is 10.9 Å². The minimum atomic E-state index is 0.261. The Balaban J connectivity index is 2.01. The normalized spacial score (nSPS) is 12.5. The van der Waals surface area contributed by atoms with E-state index < -0.39 is 0 Å². The van der Waals surface area contributed by atoms with Crippen molar-refractivity contribution in [2.45, 2.75) is 12.5 Å². The van der Waals surface area contributed by atoms with Gasteiger partial charge in [0.15, 0.2) is 0 Å². The van der Waals surface area contributed by atoms with E-state index >= 15 is 0 Å². The predicted octanol–water partition coefficient (Wildman–Crippen LogP) is 4.50. The fraction of sp³-hybridized carbons (Fsp3) is 0.167. The van der Waals surface area contributed by atoms with Crippen LogP contribution < -0.4 is 5.32 Å². The Morgan fingerprint density at radius 1 is 1.05 bits per heavy atom. The summed E-state index contributed by atoms with van der Waals surface area (Å²) in [5, 5.41) is 4.65. The fourth-order valence-corrected chi connectivity index (χ4v) is 3.13. The highest BCUT2D eigenvalue weighted by Gasteiger charge is 2.14. The number of pyridine rings is 1. The second kappa shape index (κ2) is 6.37. The largest absolute Gasteiger partial charge is 0.313 e. The van der Waals surface area contributed by atoms with Crippen LogP contribution in [-0.2, 0) is 6.42 Å². The van der Waals surface area contributed by atoms with Crippen molar-refractivity contribution in [1.82, 2.24) is 10.3 Å². The number of likely N-dealkylation sites (N-methyl/N-ethyl adjacent to an activating group) is 1.